The molecule has 7 aromatic carbocycles. The average Bonchev–Trinajstić information content (AvgIpc) is 3.70. The van der Waals surface area contributed by atoms with E-state index in [0.717, 1.165) is 33.9 Å². The summed E-state index contributed by atoms with van der Waals surface area (Å²) in [5.41, 5.74) is 13.6. The van der Waals surface area contributed by atoms with Gasteiger partial charge in [-0.15, -0.1) is 0 Å². The van der Waals surface area contributed by atoms with Gasteiger partial charge in [0.15, 0.2) is 5.82 Å². The second kappa shape index (κ2) is 11.0. The lowest BCUT2D eigenvalue weighted by Crippen LogP contribution is -1.95. The van der Waals surface area contributed by atoms with Crippen LogP contribution in [-0.4, -0.2) is 14.4 Å². The monoisotopic (exact) mass is 623 g/mol. The minimum atomic E-state index is 0.724. The van der Waals surface area contributed by atoms with E-state index in [-0.39, 0.29) is 0 Å². The zero-order valence-electron chi connectivity index (χ0n) is 26.6. The number of rotatable bonds is 5. The quantitative estimate of drug-likeness (QED) is 0.191. The summed E-state index contributed by atoms with van der Waals surface area (Å²) in [5.74, 6) is 0.724. The molecule has 0 fully saturated rings. The maximum Gasteiger partial charge on any atom is 0.160 e. The zero-order valence-corrected chi connectivity index (χ0v) is 26.6. The van der Waals surface area contributed by atoms with Gasteiger partial charge in [0.05, 0.1) is 27.9 Å². The molecule has 0 aliphatic heterocycles. The van der Waals surface area contributed by atoms with Crippen LogP contribution in [0.2, 0.25) is 0 Å². The topological polar surface area (TPSA) is 30.2 Å². The summed E-state index contributed by atoms with van der Waals surface area (Å²) in [6.45, 7) is 0. The molecule has 0 aliphatic rings. The Kier molecular flexibility index (Phi) is 6.18. The Morgan fingerprint density at radius 3 is 1.24 bits per heavy atom. The van der Waals surface area contributed by atoms with Gasteiger partial charge < -0.3 is 4.40 Å². The Hall–Kier alpha value is -6.58. The molecule has 10 rings (SSSR count). The highest BCUT2D eigenvalue weighted by Crippen LogP contribution is 2.41. The molecule has 3 heteroatoms. The van der Waals surface area contributed by atoms with Gasteiger partial charge in [0.1, 0.15) is 0 Å². The average molecular weight is 624 g/mol. The molecule has 0 N–H and O–H groups in total. The molecule has 0 bridgehead atoms. The SMILES string of the molecule is c1ccc(-c2cc(-c3ccc(-c4ccc(-c5cc6c7ccccc7n7c8ccccc8c(c5)c67)cc4)cc3)nc(-c3ccccc3)n2)cc1. The number of nitrogens with zero attached hydrogens (tertiary/aromatic N) is 3. The fourth-order valence-electron chi connectivity index (χ4n) is 7.37. The van der Waals surface area contributed by atoms with E-state index in [1.807, 2.05) is 36.4 Å². The molecule has 3 aromatic heterocycles. The fraction of sp³-hybridized carbons (Fsp3) is 0. The highest BCUT2D eigenvalue weighted by molar-refractivity contribution is 6.24. The van der Waals surface area contributed by atoms with Crippen LogP contribution in [0.1, 0.15) is 0 Å². The first-order valence-corrected chi connectivity index (χ1v) is 16.7. The molecule has 0 radical (unpaired) electrons. The van der Waals surface area contributed by atoms with E-state index in [0.29, 0.717) is 0 Å². The minimum absolute atomic E-state index is 0.724. The van der Waals surface area contributed by atoms with Crippen LogP contribution in [0.25, 0.3) is 94.3 Å². The Labute approximate surface area is 283 Å². The molecule has 0 spiro atoms. The van der Waals surface area contributed by atoms with Gasteiger partial charge in [-0.1, -0.05) is 146 Å². The van der Waals surface area contributed by atoms with Crippen molar-refractivity contribution in [2.24, 2.45) is 0 Å². The highest BCUT2D eigenvalue weighted by atomic mass is 14.9. The molecule has 49 heavy (non-hydrogen) atoms. The van der Waals surface area contributed by atoms with Crippen LogP contribution in [0.15, 0.2) is 176 Å². The highest BCUT2D eigenvalue weighted by Gasteiger charge is 2.18. The molecule has 0 saturated heterocycles. The Morgan fingerprint density at radius 2 is 0.714 bits per heavy atom. The summed E-state index contributed by atoms with van der Waals surface area (Å²) in [7, 11) is 0. The summed E-state index contributed by atoms with van der Waals surface area (Å²) in [6.07, 6.45) is 0. The van der Waals surface area contributed by atoms with Crippen LogP contribution in [0.3, 0.4) is 0 Å². The standard InChI is InChI=1S/C46H29N3/c1-3-11-33(12-4-1)41-29-42(48-46(47-41)35-13-5-2-6-14-35)34-25-23-31(24-26-34)30-19-21-32(22-20-30)36-27-39-37-15-7-9-17-43(37)49-44-18-10-8-16-38(44)40(28-36)45(39)49/h1-29H. The second-order valence-corrected chi connectivity index (χ2v) is 12.6. The van der Waals surface area contributed by atoms with Gasteiger partial charge in [0.2, 0.25) is 0 Å². The summed E-state index contributed by atoms with van der Waals surface area (Å²) < 4.78 is 2.43. The first-order valence-electron chi connectivity index (χ1n) is 16.7. The molecule has 0 saturated carbocycles. The molecule has 3 heterocycles. The van der Waals surface area contributed by atoms with Crippen LogP contribution in [-0.2, 0) is 0 Å². The predicted octanol–water partition coefficient (Wildman–Crippen LogP) is 12.0. The first kappa shape index (κ1) is 27.5. The van der Waals surface area contributed by atoms with Gasteiger partial charge in [-0.2, -0.15) is 0 Å². The van der Waals surface area contributed by atoms with E-state index in [2.05, 4.69) is 144 Å². The Bertz CT molecular complexity index is 2640. The molecule has 0 amide bonds. The van der Waals surface area contributed by atoms with E-state index in [4.69, 9.17) is 9.97 Å². The number of fused-ring (bicyclic) bond motifs is 6. The largest absolute Gasteiger partial charge is 0.308 e. The van der Waals surface area contributed by atoms with Crippen LogP contribution in [0, 0.1) is 0 Å². The second-order valence-electron chi connectivity index (χ2n) is 12.6. The summed E-state index contributed by atoms with van der Waals surface area (Å²) in [4.78, 5) is 9.94. The smallest absolute Gasteiger partial charge is 0.160 e. The van der Waals surface area contributed by atoms with Gasteiger partial charge in [-0.25, -0.2) is 9.97 Å². The van der Waals surface area contributed by atoms with Crippen molar-refractivity contribution in [2.75, 3.05) is 0 Å². The summed E-state index contributed by atoms with van der Waals surface area (Å²) >= 11 is 0. The third-order valence-electron chi connectivity index (χ3n) is 9.76. The van der Waals surface area contributed by atoms with Crippen molar-refractivity contribution in [3.63, 3.8) is 0 Å². The molecule has 228 valence electrons. The van der Waals surface area contributed by atoms with E-state index in [9.17, 15) is 0 Å². The van der Waals surface area contributed by atoms with E-state index >= 15 is 0 Å². The lowest BCUT2D eigenvalue weighted by molar-refractivity contribution is 1.18. The fourth-order valence-corrected chi connectivity index (χ4v) is 7.37. The molecule has 10 aromatic rings. The van der Waals surface area contributed by atoms with Gasteiger partial charge >= 0.3 is 0 Å². The van der Waals surface area contributed by atoms with Crippen LogP contribution in [0.4, 0.5) is 0 Å². The Morgan fingerprint density at radius 1 is 0.306 bits per heavy atom. The third-order valence-corrected chi connectivity index (χ3v) is 9.76. The molecular formula is C46H29N3. The van der Waals surface area contributed by atoms with Crippen molar-refractivity contribution in [1.29, 1.82) is 0 Å². The molecule has 3 nitrogen and oxygen atoms in total. The maximum absolute atomic E-state index is 5.00. The van der Waals surface area contributed by atoms with Crippen molar-refractivity contribution in [3.05, 3.63) is 176 Å². The van der Waals surface area contributed by atoms with Crippen molar-refractivity contribution in [3.8, 4) is 56.2 Å². The van der Waals surface area contributed by atoms with Crippen LogP contribution in [0.5, 0.6) is 0 Å². The van der Waals surface area contributed by atoms with Crippen molar-refractivity contribution >= 4 is 38.1 Å². The maximum atomic E-state index is 5.00. The molecule has 0 unspecified atom stereocenters. The summed E-state index contributed by atoms with van der Waals surface area (Å²) in [6, 6.07) is 62.5. The Balaban J connectivity index is 1.01. The number of para-hydroxylation sites is 2. The number of hydrogen-bond acceptors (Lipinski definition) is 2. The molecule has 0 atom stereocenters. The van der Waals surface area contributed by atoms with Crippen molar-refractivity contribution in [2.45, 2.75) is 0 Å². The summed E-state index contributed by atoms with van der Waals surface area (Å²) in [5, 5.41) is 5.19. The number of benzene rings is 7. The van der Waals surface area contributed by atoms with E-state index in [1.54, 1.807) is 0 Å². The predicted molar refractivity (Wildman–Crippen MR) is 204 cm³/mol. The normalized spacial score (nSPS) is 11.7. The number of aromatic nitrogens is 3. The van der Waals surface area contributed by atoms with Gasteiger partial charge in [0.25, 0.3) is 0 Å². The van der Waals surface area contributed by atoms with Crippen LogP contribution >= 0.6 is 0 Å². The van der Waals surface area contributed by atoms with Gasteiger partial charge in [-0.3, -0.25) is 0 Å². The van der Waals surface area contributed by atoms with Crippen LogP contribution < -0.4 is 0 Å². The van der Waals surface area contributed by atoms with E-state index < -0.39 is 0 Å². The third kappa shape index (κ3) is 4.51. The van der Waals surface area contributed by atoms with Gasteiger partial charge in [0, 0.05) is 38.2 Å². The van der Waals surface area contributed by atoms with E-state index in [1.165, 1.54) is 60.3 Å². The number of hydrogen-bond donors (Lipinski definition) is 0. The van der Waals surface area contributed by atoms with Crippen molar-refractivity contribution in [1.82, 2.24) is 14.4 Å². The zero-order chi connectivity index (χ0) is 32.3. The first-order chi connectivity index (χ1) is 24.3. The lowest BCUT2D eigenvalue weighted by atomic mass is 9.96. The van der Waals surface area contributed by atoms with Gasteiger partial charge in [-0.05, 0) is 52.6 Å². The minimum Gasteiger partial charge on any atom is -0.308 e. The molecule has 0 aliphatic carbocycles. The molecular weight excluding hydrogens is 595 g/mol. The van der Waals surface area contributed by atoms with Crippen molar-refractivity contribution < 1.29 is 0 Å². The lowest BCUT2D eigenvalue weighted by Gasteiger charge is -2.10.